The van der Waals surface area contributed by atoms with Gasteiger partial charge in [0.25, 0.3) is 0 Å². The molecule has 1 rings (SSSR count). The summed E-state index contributed by atoms with van der Waals surface area (Å²) >= 11 is 0. The highest BCUT2D eigenvalue weighted by Gasteiger charge is 2.01. The van der Waals surface area contributed by atoms with Gasteiger partial charge in [0.2, 0.25) is 0 Å². The van der Waals surface area contributed by atoms with E-state index in [0.717, 1.165) is 6.67 Å². The molecule has 0 unspecified atom stereocenters. The van der Waals surface area contributed by atoms with Gasteiger partial charge in [-0.3, -0.25) is 5.41 Å². The van der Waals surface area contributed by atoms with E-state index < -0.39 is 0 Å². The summed E-state index contributed by atoms with van der Waals surface area (Å²) in [5.41, 5.74) is 0. The molecular weight excluding hydrogens is 102 g/mol. The summed E-state index contributed by atoms with van der Waals surface area (Å²) in [6, 6.07) is 0. The van der Waals surface area contributed by atoms with E-state index in [9.17, 15) is 0 Å². The van der Waals surface area contributed by atoms with Crippen LogP contribution in [-0.4, -0.2) is 24.5 Å². The quantitative estimate of drug-likeness (QED) is 0.460. The summed E-state index contributed by atoms with van der Waals surface area (Å²) in [6.45, 7) is 0.745. The molecule has 0 aromatic carbocycles. The highest BCUT2D eigenvalue weighted by molar-refractivity contribution is 5.90. The van der Waals surface area contributed by atoms with Crippen LogP contribution in [0.5, 0.6) is 0 Å². The molecule has 0 aromatic rings. The van der Waals surface area contributed by atoms with Gasteiger partial charge in [0.05, 0.1) is 6.67 Å². The smallest absolute Gasteiger partial charge is 0.123 e. The minimum atomic E-state index is 0.559. The summed E-state index contributed by atoms with van der Waals surface area (Å²) in [6.07, 6.45) is 3.51. The van der Waals surface area contributed by atoms with Crippen LogP contribution in [0, 0.1) is 5.41 Å². The van der Waals surface area contributed by atoms with E-state index >= 15 is 0 Å². The average molecular weight is 111 g/mol. The minimum absolute atomic E-state index is 0.559. The second-order valence-electron chi connectivity index (χ2n) is 1.78. The first kappa shape index (κ1) is 5.15. The molecule has 0 spiro atoms. The standard InChI is InChI=1S/C5H9N3/c1-8-4-7-3-2-5(8)6/h2-3,6-7H,4H2,1H3. The van der Waals surface area contributed by atoms with Crippen LogP contribution in [0.2, 0.25) is 0 Å². The first-order valence-corrected chi connectivity index (χ1v) is 2.50. The minimum Gasteiger partial charge on any atom is -0.374 e. The van der Waals surface area contributed by atoms with Gasteiger partial charge in [0, 0.05) is 13.2 Å². The zero-order valence-corrected chi connectivity index (χ0v) is 4.81. The van der Waals surface area contributed by atoms with E-state index in [2.05, 4.69) is 5.32 Å². The van der Waals surface area contributed by atoms with Crippen molar-refractivity contribution in [1.29, 1.82) is 5.41 Å². The molecule has 44 valence electrons. The summed E-state index contributed by atoms with van der Waals surface area (Å²) < 4.78 is 0. The summed E-state index contributed by atoms with van der Waals surface area (Å²) in [7, 11) is 1.87. The number of rotatable bonds is 0. The van der Waals surface area contributed by atoms with Gasteiger partial charge in [-0.05, 0) is 6.08 Å². The molecule has 0 amide bonds. The average Bonchev–Trinajstić information content (AvgIpc) is 1.77. The van der Waals surface area contributed by atoms with Crippen molar-refractivity contribution in [2.24, 2.45) is 0 Å². The molecule has 0 bridgehead atoms. The molecule has 0 aliphatic carbocycles. The SMILES string of the molecule is CN1CNC=CC1=N. The highest BCUT2D eigenvalue weighted by Crippen LogP contribution is 1.88. The number of hydrogen-bond acceptors (Lipinski definition) is 2. The van der Waals surface area contributed by atoms with Gasteiger partial charge >= 0.3 is 0 Å². The lowest BCUT2D eigenvalue weighted by Crippen LogP contribution is -2.35. The number of likely N-dealkylation sites (N-methyl/N-ethyl adjacent to an activating group) is 1. The fraction of sp³-hybridized carbons (Fsp3) is 0.400. The molecule has 0 fully saturated rings. The third kappa shape index (κ3) is 0.804. The Morgan fingerprint density at radius 1 is 1.88 bits per heavy atom. The van der Waals surface area contributed by atoms with E-state index in [1.165, 1.54) is 0 Å². The van der Waals surface area contributed by atoms with Crippen LogP contribution in [0.3, 0.4) is 0 Å². The monoisotopic (exact) mass is 111 g/mol. The molecule has 0 aromatic heterocycles. The Kier molecular flexibility index (Phi) is 1.20. The van der Waals surface area contributed by atoms with Crippen molar-refractivity contribution >= 4 is 5.84 Å². The van der Waals surface area contributed by atoms with Gasteiger partial charge in [-0.25, -0.2) is 0 Å². The number of hydrogen-bond donors (Lipinski definition) is 2. The van der Waals surface area contributed by atoms with Gasteiger partial charge < -0.3 is 10.2 Å². The molecule has 1 aliphatic heterocycles. The van der Waals surface area contributed by atoms with Gasteiger partial charge in [0.1, 0.15) is 5.84 Å². The second-order valence-corrected chi connectivity index (χ2v) is 1.78. The fourth-order valence-corrected chi connectivity index (χ4v) is 0.540. The molecule has 0 radical (unpaired) electrons. The van der Waals surface area contributed by atoms with Crippen molar-refractivity contribution in [3.8, 4) is 0 Å². The van der Waals surface area contributed by atoms with Crippen LogP contribution in [-0.2, 0) is 0 Å². The summed E-state index contributed by atoms with van der Waals surface area (Å²) in [5.74, 6) is 0.559. The van der Waals surface area contributed by atoms with Crippen LogP contribution in [0.1, 0.15) is 0 Å². The third-order valence-electron chi connectivity index (χ3n) is 1.10. The lowest BCUT2D eigenvalue weighted by molar-refractivity contribution is 0.471. The molecule has 1 aliphatic rings. The molecule has 0 atom stereocenters. The summed E-state index contributed by atoms with van der Waals surface area (Å²) in [4.78, 5) is 1.82. The Morgan fingerprint density at radius 3 is 3.00 bits per heavy atom. The molecule has 3 nitrogen and oxygen atoms in total. The largest absolute Gasteiger partial charge is 0.374 e. The number of amidine groups is 1. The van der Waals surface area contributed by atoms with Crippen molar-refractivity contribution in [3.05, 3.63) is 12.3 Å². The van der Waals surface area contributed by atoms with E-state index in [1.54, 1.807) is 12.3 Å². The molecule has 3 heteroatoms. The molecule has 0 saturated heterocycles. The van der Waals surface area contributed by atoms with Crippen molar-refractivity contribution in [2.45, 2.75) is 0 Å². The zero-order chi connectivity index (χ0) is 5.98. The van der Waals surface area contributed by atoms with Crippen molar-refractivity contribution in [3.63, 3.8) is 0 Å². The first-order chi connectivity index (χ1) is 3.80. The Balaban J connectivity index is 2.60. The maximum atomic E-state index is 7.19. The third-order valence-corrected chi connectivity index (χ3v) is 1.10. The maximum Gasteiger partial charge on any atom is 0.123 e. The van der Waals surface area contributed by atoms with Crippen molar-refractivity contribution in [1.82, 2.24) is 10.2 Å². The van der Waals surface area contributed by atoms with Crippen molar-refractivity contribution in [2.75, 3.05) is 13.7 Å². The lowest BCUT2D eigenvalue weighted by atomic mass is 10.4. The summed E-state index contributed by atoms with van der Waals surface area (Å²) in [5, 5.41) is 10.2. The highest BCUT2D eigenvalue weighted by atomic mass is 15.2. The van der Waals surface area contributed by atoms with Gasteiger partial charge in [0.15, 0.2) is 0 Å². The molecule has 8 heavy (non-hydrogen) atoms. The second kappa shape index (κ2) is 1.86. The van der Waals surface area contributed by atoms with Crippen LogP contribution in [0.25, 0.3) is 0 Å². The molecule has 2 N–H and O–H groups in total. The maximum absolute atomic E-state index is 7.19. The Morgan fingerprint density at radius 2 is 2.62 bits per heavy atom. The van der Waals surface area contributed by atoms with Gasteiger partial charge in [-0.15, -0.1) is 0 Å². The fourth-order valence-electron chi connectivity index (χ4n) is 0.540. The predicted octanol–water partition coefficient (Wildman–Crippen LogP) is -0.0301. The normalized spacial score (nSPS) is 18.6. The predicted molar refractivity (Wildman–Crippen MR) is 32.6 cm³/mol. The van der Waals surface area contributed by atoms with Crippen LogP contribution in [0.4, 0.5) is 0 Å². The Labute approximate surface area is 48.5 Å². The Bertz CT molecular complexity index is 128. The first-order valence-electron chi connectivity index (χ1n) is 2.50. The van der Waals surface area contributed by atoms with Gasteiger partial charge in [-0.2, -0.15) is 0 Å². The zero-order valence-electron chi connectivity index (χ0n) is 4.81. The van der Waals surface area contributed by atoms with Gasteiger partial charge in [-0.1, -0.05) is 0 Å². The van der Waals surface area contributed by atoms with Crippen LogP contribution in [0.15, 0.2) is 12.3 Å². The van der Waals surface area contributed by atoms with Crippen LogP contribution >= 0.6 is 0 Å². The molecular formula is C5H9N3. The molecule has 1 heterocycles. The lowest BCUT2D eigenvalue weighted by Gasteiger charge is -2.20. The topological polar surface area (TPSA) is 39.1 Å². The number of nitrogens with zero attached hydrogens (tertiary/aromatic N) is 1. The van der Waals surface area contributed by atoms with Crippen LogP contribution < -0.4 is 5.32 Å². The molecule has 0 saturated carbocycles. The Hall–Kier alpha value is -0.990. The number of nitrogens with one attached hydrogen (secondary N) is 2. The van der Waals surface area contributed by atoms with E-state index in [-0.39, 0.29) is 0 Å². The van der Waals surface area contributed by atoms with Crippen molar-refractivity contribution < 1.29 is 0 Å². The van der Waals surface area contributed by atoms with E-state index in [4.69, 9.17) is 5.41 Å². The van der Waals surface area contributed by atoms with E-state index in [1.807, 2.05) is 11.9 Å². The van der Waals surface area contributed by atoms with E-state index in [0.29, 0.717) is 5.84 Å².